The molecule has 0 heterocycles. The normalized spacial score (nSPS) is 10.9. The van der Waals surface area contributed by atoms with Crippen LogP contribution in [0, 0.1) is 0 Å². The van der Waals surface area contributed by atoms with Gasteiger partial charge in [-0.2, -0.15) is 0 Å². The van der Waals surface area contributed by atoms with Crippen LogP contribution in [0.4, 0.5) is 0 Å². The average Bonchev–Trinajstić information content (AvgIpc) is 2.57. The maximum absolute atomic E-state index is 11.2. The fraction of sp³-hybridized carbons (Fsp3) is 0.778. The van der Waals surface area contributed by atoms with Gasteiger partial charge in [-0.1, -0.05) is 60.2 Å². The van der Waals surface area contributed by atoms with Crippen LogP contribution >= 0.6 is 15.9 Å². The van der Waals surface area contributed by atoms with Gasteiger partial charge in [0.15, 0.2) is 0 Å². The standard InChI is InChI=1S/C18H33BrN2O2/c1-20-17(22)18(23)21-16-14-12-10-8-6-4-2-3-5-7-9-11-13-15-19/h6,8H,2-5,7,9-16H2,1H3,(H,20,22)(H,21,23). The van der Waals surface area contributed by atoms with E-state index in [-0.39, 0.29) is 0 Å². The van der Waals surface area contributed by atoms with Gasteiger partial charge < -0.3 is 10.6 Å². The van der Waals surface area contributed by atoms with Crippen LogP contribution in [-0.4, -0.2) is 30.7 Å². The molecule has 0 aromatic heterocycles. The highest BCUT2D eigenvalue weighted by molar-refractivity contribution is 9.09. The zero-order chi connectivity index (χ0) is 17.2. The summed E-state index contributed by atoms with van der Waals surface area (Å²) in [5, 5.41) is 6.04. The number of rotatable bonds is 14. The highest BCUT2D eigenvalue weighted by Crippen LogP contribution is 2.09. The summed E-state index contributed by atoms with van der Waals surface area (Å²) in [4.78, 5) is 22.1. The molecule has 23 heavy (non-hydrogen) atoms. The topological polar surface area (TPSA) is 58.2 Å². The highest BCUT2D eigenvalue weighted by Gasteiger charge is 2.08. The molecule has 0 spiro atoms. The van der Waals surface area contributed by atoms with Crippen LogP contribution in [0.25, 0.3) is 0 Å². The van der Waals surface area contributed by atoms with Gasteiger partial charge in [0, 0.05) is 18.9 Å². The predicted molar refractivity (Wildman–Crippen MR) is 101 cm³/mol. The molecule has 0 aliphatic carbocycles. The minimum absolute atomic E-state index is 0.546. The molecule has 0 radical (unpaired) electrons. The first-order chi connectivity index (χ1) is 11.2. The molecule has 0 atom stereocenters. The van der Waals surface area contributed by atoms with Crippen LogP contribution in [0.5, 0.6) is 0 Å². The molecule has 0 rings (SSSR count). The number of carbonyl (C=O) groups is 2. The molecule has 5 heteroatoms. The third-order valence-electron chi connectivity index (χ3n) is 3.69. The Morgan fingerprint density at radius 3 is 1.87 bits per heavy atom. The van der Waals surface area contributed by atoms with Crippen LogP contribution in [0.1, 0.15) is 70.6 Å². The first kappa shape index (κ1) is 22.2. The maximum atomic E-state index is 11.2. The molecule has 0 aliphatic heterocycles. The van der Waals surface area contributed by atoms with E-state index in [9.17, 15) is 9.59 Å². The smallest absolute Gasteiger partial charge is 0.309 e. The van der Waals surface area contributed by atoms with E-state index in [1.165, 1.54) is 58.4 Å². The van der Waals surface area contributed by atoms with Gasteiger partial charge >= 0.3 is 11.8 Å². The number of hydrogen-bond acceptors (Lipinski definition) is 2. The summed E-state index contributed by atoms with van der Waals surface area (Å²) in [6.45, 7) is 0.565. The number of allylic oxidation sites excluding steroid dienone is 2. The molecule has 0 aromatic carbocycles. The fourth-order valence-corrected chi connectivity index (χ4v) is 2.66. The van der Waals surface area contributed by atoms with Crippen LogP contribution in [0.2, 0.25) is 0 Å². The van der Waals surface area contributed by atoms with Crippen molar-refractivity contribution in [3.63, 3.8) is 0 Å². The first-order valence-corrected chi connectivity index (χ1v) is 10.1. The van der Waals surface area contributed by atoms with E-state index in [1.54, 1.807) is 0 Å². The lowest BCUT2D eigenvalue weighted by atomic mass is 10.1. The Bertz CT molecular complexity index is 333. The summed E-state index contributed by atoms with van der Waals surface area (Å²) < 4.78 is 0. The molecular formula is C18H33BrN2O2. The van der Waals surface area contributed by atoms with Gasteiger partial charge in [0.2, 0.25) is 0 Å². The van der Waals surface area contributed by atoms with Gasteiger partial charge in [-0.3, -0.25) is 9.59 Å². The van der Waals surface area contributed by atoms with E-state index in [0.717, 1.165) is 24.6 Å². The first-order valence-electron chi connectivity index (χ1n) is 8.93. The van der Waals surface area contributed by atoms with Gasteiger partial charge in [0.25, 0.3) is 0 Å². The van der Waals surface area contributed by atoms with Gasteiger partial charge in [-0.15, -0.1) is 0 Å². The number of nitrogens with one attached hydrogen (secondary N) is 2. The number of likely N-dealkylation sites (N-methyl/N-ethyl adjacent to an activating group) is 1. The monoisotopic (exact) mass is 388 g/mol. The Balaban J connectivity index is 3.23. The molecule has 0 bridgehead atoms. The molecule has 2 N–H and O–H groups in total. The largest absolute Gasteiger partial charge is 0.351 e. The van der Waals surface area contributed by atoms with Crippen molar-refractivity contribution >= 4 is 27.7 Å². The zero-order valence-corrected chi connectivity index (χ0v) is 16.1. The lowest BCUT2D eigenvalue weighted by Crippen LogP contribution is -2.38. The molecule has 0 saturated heterocycles. The number of carbonyl (C=O) groups excluding carboxylic acids is 2. The molecular weight excluding hydrogens is 356 g/mol. The number of unbranched alkanes of at least 4 members (excludes halogenated alkanes) is 9. The maximum Gasteiger partial charge on any atom is 0.309 e. The fourth-order valence-electron chi connectivity index (χ4n) is 2.26. The molecule has 0 saturated carbocycles. The van der Waals surface area contributed by atoms with Gasteiger partial charge in [-0.25, -0.2) is 0 Å². The van der Waals surface area contributed by atoms with Crippen molar-refractivity contribution in [3.8, 4) is 0 Å². The molecule has 0 aliphatic rings. The average molecular weight is 389 g/mol. The Morgan fingerprint density at radius 2 is 1.30 bits per heavy atom. The van der Waals surface area contributed by atoms with Crippen molar-refractivity contribution in [1.29, 1.82) is 0 Å². The Morgan fingerprint density at radius 1 is 0.783 bits per heavy atom. The summed E-state index contributed by atoms with van der Waals surface area (Å²) in [5.41, 5.74) is 0. The summed E-state index contributed by atoms with van der Waals surface area (Å²) in [7, 11) is 1.46. The molecule has 0 aromatic rings. The highest BCUT2D eigenvalue weighted by atomic mass is 79.9. The lowest BCUT2D eigenvalue weighted by molar-refractivity contribution is -0.138. The Hall–Kier alpha value is -0.840. The molecule has 4 nitrogen and oxygen atoms in total. The number of amides is 2. The van der Waals surface area contributed by atoms with E-state index in [2.05, 4.69) is 38.7 Å². The number of halogens is 1. The van der Waals surface area contributed by atoms with Crippen molar-refractivity contribution in [2.75, 3.05) is 18.9 Å². The molecule has 2 amide bonds. The van der Waals surface area contributed by atoms with Gasteiger partial charge in [0.1, 0.15) is 0 Å². The van der Waals surface area contributed by atoms with E-state index < -0.39 is 11.8 Å². The third kappa shape index (κ3) is 15.8. The lowest BCUT2D eigenvalue weighted by Gasteiger charge is -2.02. The van der Waals surface area contributed by atoms with E-state index in [0.29, 0.717) is 6.54 Å². The minimum atomic E-state index is -0.576. The quantitative estimate of drug-likeness (QED) is 0.203. The van der Waals surface area contributed by atoms with Crippen molar-refractivity contribution in [2.45, 2.75) is 70.6 Å². The third-order valence-corrected chi connectivity index (χ3v) is 4.25. The second-order valence-electron chi connectivity index (χ2n) is 5.75. The van der Waals surface area contributed by atoms with Crippen LogP contribution in [0.3, 0.4) is 0 Å². The van der Waals surface area contributed by atoms with Gasteiger partial charge in [-0.05, 0) is 38.5 Å². The van der Waals surface area contributed by atoms with Crippen molar-refractivity contribution < 1.29 is 9.59 Å². The minimum Gasteiger partial charge on any atom is -0.351 e. The summed E-state index contributed by atoms with van der Waals surface area (Å²) in [5.74, 6) is -1.12. The summed E-state index contributed by atoms with van der Waals surface area (Å²) in [6, 6.07) is 0. The second-order valence-corrected chi connectivity index (χ2v) is 6.55. The van der Waals surface area contributed by atoms with Crippen LogP contribution in [-0.2, 0) is 9.59 Å². The predicted octanol–water partition coefficient (Wildman–Crippen LogP) is 4.09. The van der Waals surface area contributed by atoms with Crippen molar-refractivity contribution in [3.05, 3.63) is 12.2 Å². The van der Waals surface area contributed by atoms with Gasteiger partial charge in [0.05, 0.1) is 0 Å². The number of alkyl halides is 1. The van der Waals surface area contributed by atoms with Crippen LogP contribution in [0.15, 0.2) is 12.2 Å². The Kier molecular flexibility index (Phi) is 16.9. The number of hydrogen-bond donors (Lipinski definition) is 2. The SMILES string of the molecule is CNC(=O)C(=O)NCCCCC=CCCCCCCCCCBr. The summed E-state index contributed by atoms with van der Waals surface area (Å²) >= 11 is 3.46. The zero-order valence-electron chi connectivity index (χ0n) is 14.5. The molecule has 0 unspecified atom stereocenters. The Labute approximate surface area is 150 Å². The van der Waals surface area contributed by atoms with Crippen molar-refractivity contribution in [2.24, 2.45) is 0 Å². The second kappa shape index (κ2) is 17.5. The van der Waals surface area contributed by atoms with E-state index in [4.69, 9.17) is 0 Å². The molecule has 0 fully saturated rings. The molecule has 134 valence electrons. The van der Waals surface area contributed by atoms with Crippen LogP contribution < -0.4 is 10.6 Å². The summed E-state index contributed by atoms with van der Waals surface area (Å²) in [6.07, 6.45) is 18.1. The van der Waals surface area contributed by atoms with E-state index in [1.807, 2.05) is 0 Å². The van der Waals surface area contributed by atoms with E-state index >= 15 is 0 Å². The van der Waals surface area contributed by atoms with Crippen molar-refractivity contribution in [1.82, 2.24) is 10.6 Å².